The highest BCUT2D eigenvalue weighted by molar-refractivity contribution is 5.40. The zero-order valence-electron chi connectivity index (χ0n) is 14.8. The standard InChI is InChI=1S/C20H23N3O2/c1-23-12-11-21-20(23)19(15-7-5-4-6-8-15)22-14-16-13-17(24-2)9-10-18(16)25-3/h4-13,19,22H,14H2,1-3H3/t19-/m0/s1. The van der Waals surface area contributed by atoms with Gasteiger partial charge in [0.15, 0.2) is 0 Å². The first-order chi connectivity index (χ1) is 12.2. The second-order valence-electron chi connectivity index (χ2n) is 5.80. The number of imidazole rings is 1. The van der Waals surface area contributed by atoms with Gasteiger partial charge in [0.1, 0.15) is 17.3 Å². The van der Waals surface area contributed by atoms with Crippen LogP contribution in [0.3, 0.4) is 0 Å². The molecule has 5 nitrogen and oxygen atoms in total. The largest absolute Gasteiger partial charge is 0.497 e. The Kier molecular flexibility index (Phi) is 5.36. The van der Waals surface area contributed by atoms with Crippen molar-refractivity contribution < 1.29 is 9.47 Å². The van der Waals surface area contributed by atoms with Crippen molar-refractivity contribution in [2.24, 2.45) is 7.05 Å². The Balaban J connectivity index is 1.88. The van der Waals surface area contributed by atoms with E-state index in [9.17, 15) is 0 Å². The van der Waals surface area contributed by atoms with Gasteiger partial charge in [-0.05, 0) is 23.8 Å². The van der Waals surface area contributed by atoms with Gasteiger partial charge in [0.05, 0.1) is 20.3 Å². The molecule has 0 spiro atoms. The Morgan fingerprint density at radius 2 is 1.88 bits per heavy atom. The van der Waals surface area contributed by atoms with Crippen molar-refractivity contribution in [3.05, 3.63) is 77.9 Å². The summed E-state index contributed by atoms with van der Waals surface area (Å²) in [6.07, 6.45) is 3.78. The average Bonchev–Trinajstić information content (AvgIpc) is 3.08. The molecule has 0 aliphatic heterocycles. The van der Waals surface area contributed by atoms with E-state index >= 15 is 0 Å². The third-order valence-electron chi connectivity index (χ3n) is 4.23. The molecule has 130 valence electrons. The Morgan fingerprint density at radius 3 is 2.52 bits per heavy atom. The molecule has 1 atom stereocenters. The normalized spacial score (nSPS) is 12.0. The summed E-state index contributed by atoms with van der Waals surface area (Å²) in [5.41, 5.74) is 2.20. The molecule has 0 saturated heterocycles. The van der Waals surface area contributed by atoms with Crippen LogP contribution in [0.5, 0.6) is 11.5 Å². The third-order valence-corrected chi connectivity index (χ3v) is 4.23. The van der Waals surface area contributed by atoms with Crippen LogP contribution in [0.15, 0.2) is 60.9 Å². The maximum atomic E-state index is 5.48. The number of nitrogens with zero attached hydrogens (tertiary/aromatic N) is 2. The van der Waals surface area contributed by atoms with Gasteiger partial charge in [-0.25, -0.2) is 4.98 Å². The SMILES string of the molecule is COc1ccc(OC)c(CN[C@@H](c2ccccc2)c2nccn2C)c1. The van der Waals surface area contributed by atoms with Crippen molar-refractivity contribution in [1.29, 1.82) is 0 Å². The van der Waals surface area contributed by atoms with E-state index in [0.29, 0.717) is 6.54 Å². The average molecular weight is 337 g/mol. The van der Waals surface area contributed by atoms with Gasteiger partial charge in [0.2, 0.25) is 0 Å². The summed E-state index contributed by atoms with van der Waals surface area (Å²) in [5, 5.41) is 3.60. The zero-order chi connectivity index (χ0) is 17.6. The second-order valence-corrected chi connectivity index (χ2v) is 5.80. The van der Waals surface area contributed by atoms with Crippen LogP contribution in [0.1, 0.15) is 23.0 Å². The van der Waals surface area contributed by atoms with Gasteiger partial charge in [-0.2, -0.15) is 0 Å². The van der Waals surface area contributed by atoms with Crippen LogP contribution in [0.4, 0.5) is 0 Å². The summed E-state index contributed by atoms with van der Waals surface area (Å²) < 4.78 is 12.9. The quantitative estimate of drug-likeness (QED) is 0.718. The van der Waals surface area contributed by atoms with Gasteiger partial charge in [-0.3, -0.25) is 5.32 Å². The fourth-order valence-electron chi connectivity index (χ4n) is 2.89. The van der Waals surface area contributed by atoms with Crippen molar-refractivity contribution in [3.8, 4) is 11.5 Å². The van der Waals surface area contributed by atoms with E-state index < -0.39 is 0 Å². The van der Waals surface area contributed by atoms with Crippen LogP contribution in [0.2, 0.25) is 0 Å². The minimum atomic E-state index is -0.0166. The summed E-state index contributed by atoms with van der Waals surface area (Å²) in [6.45, 7) is 0.632. The first-order valence-electron chi connectivity index (χ1n) is 8.19. The number of aryl methyl sites for hydroxylation is 1. The summed E-state index contributed by atoms with van der Waals surface area (Å²) in [7, 11) is 5.35. The molecule has 1 heterocycles. The molecule has 2 aromatic carbocycles. The molecule has 0 amide bonds. The van der Waals surface area contributed by atoms with Crippen LogP contribution in [-0.2, 0) is 13.6 Å². The van der Waals surface area contributed by atoms with Crippen molar-refractivity contribution in [2.45, 2.75) is 12.6 Å². The topological polar surface area (TPSA) is 48.3 Å². The number of methoxy groups -OCH3 is 2. The minimum absolute atomic E-state index is 0.0166. The van der Waals surface area contributed by atoms with E-state index in [1.165, 1.54) is 5.56 Å². The highest BCUT2D eigenvalue weighted by atomic mass is 16.5. The monoisotopic (exact) mass is 337 g/mol. The Hall–Kier alpha value is -2.79. The van der Waals surface area contributed by atoms with Crippen molar-refractivity contribution in [3.63, 3.8) is 0 Å². The Morgan fingerprint density at radius 1 is 1.08 bits per heavy atom. The lowest BCUT2D eigenvalue weighted by Gasteiger charge is -2.20. The molecule has 5 heteroatoms. The molecule has 3 rings (SSSR count). The molecule has 0 radical (unpaired) electrons. The highest BCUT2D eigenvalue weighted by Gasteiger charge is 2.18. The van der Waals surface area contributed by atoms with E-state index in [0.717, 1.165) is 22.9 Å². The van der Waals surface area contributed by atoms with Crippen molar-refractivity contribution >= 4 is 0 Å². The first-order valence-corrected chi connectivity index (χ1v) is 8.19. The maximum Gasteiger partial charge on any atom is 0.130 e. The number of rotatable bonds is 7. The molecule has 0 aliphatic rings. The molecule has 0 saturated carbocycles. The van der Waals surface area contributed by atoms with Crippen molar-refractivity contribution in [2.75, 3.05) is 14.2 Å². The minimum Gasteiger partial charge on any atom is -0.497 e. The van der Waals surface area contributed by atoms with Gasteiger partial charge in [0, 0.05) is 31.5 Å². The fourth-order valence-corrected chi connectivity index (χ4v) is 2.89. The summed E-state index contributed by atoms with van der Waals surface area (Å²) >= 11 is 0. The predicted molar refractivity (Wildman–Crippen MR) is 97.9 cm³/mol. The number of hydrogen-bond acceptors (Lipinski definition) is 4. The molecular weight excluding hydrogens is 314 g/mol. The zero-order valence-corrected chi connectivity index (χ0v) is 14.8. The lowest BCUT2D eigenvalue weighted by atomic mass is 10.1. The number of nitrogens with one attached hydrogen (secondary N) is 1. The number of benzene rings is 2. The lowest BCUT2D eigenvalue weighted by Crippen LogP contribution is -2.25. The molecule has 25 heavy (non-hydrogen) atoms. The number of aromatic nitrogens is 2. The molecule has 0 unspecified atom stereocenters. The molecular formula is C20H23N3O2. The van der Waals surface area contributed by atoms with Gasteiger partial charge < -0.3 is 14.0 Å². The smallest absolute Gasteiger partial charge is 0.130 e. The second kappa shape index (κ2) is 7.85. The fraction of sp³-hybridized carbons (Fsp3) is 0.250. The molecule has 0 fully saturated rings. The van der Waals surface area contributed by atoms with Gasteiger partial charge in [0.25, 0.3) is 0 Å². The van der Waals surface area contributed by atoms with Gasteiger partial charge in [-0.15, -0.1) is 0 Å². The van der Waals surface area contributed by atoms with E-state index in [2.05, 4.69) is 22.4 Å². The van der Waals surface area contributed by atoms with E-state index in [1.54, 1.807) is 14.2 Å². The van der Waals surface area contributed by atoms with Crippen LogP contribution in [0, 0.1) is 0 Å². The highest BCUT2D eigenvalue weighted by Crippen LogP contribution is 2.26. The first kappa shape index (κ1) is 17.0. The summed E-state index contributed by atoms with van der Waals surface area (Å²) in [6, 6.07) is 16.1. The lowest BCUT2D eigenvalue weighted by molar-refractivity contribution is 0.395. The van der Waals surface area contributed by atoms with Gasteiger partial charge >= 0.3 is 0 Å². The van der Waals surface area contributed by atoms with Crippen LogP contribution in [-0.4, -0.2) is 23.8 Å². The van der Waals surface area contributed by atoms with Gasteiger partial charge in [-0.1, -0.05) is 30.3 Å². The number of ether oxygens (including phenoxy) is 2. The molecule has 1 aromatic heterocycles. The molecule has 3 aromatic rings. The van der Waals surface area contributed by atoms with E-state index in [-0.39, 0.29) is 6.04 Å². The van der Waals surface area contributed by atoms with E-state index in [1.807, 2.05) is 60.4 Å². The predicted octanol–water partition coefficient (Wildman–Crippen LogP) is 3.32. The van der Waals surface area contributed by atoms with Crippen molar-refractivity contribution in [1.82, 2.24) is 14.9 Å². The Labute approximate surface area is 148 Å². The summed E-state index contributed by atoms with van der Waals surface area (Å²) in [4.78, 5) is 4.53. The Bertz CT molecular complexity index is 815. The van der Waals surface area contributed by atoms with Crippen LogP contribution < -0.4 is 14.8 Å². The van der Waals surface area contributed by atoms with E-state index in [4.69, 9.17) is 9.47 Å². The van der Waals surface area contributed by atoms with Crippen LogP contribution >= 0.6 is 0 Å². The third kappa shape index (κ3) is 3.83. The molecule has 1 N–H and O–H groups in total. The molecule has 0 bridgehead atoms. The number of hydrogen-bond donors (Lipinski definition) is 1. The van der Waals surface area contributed by atoms with Crippen LogP contribution in [0.25, 0.3) is 0 Å². The maximum absolute atomic E-state index is 5.48. The molecule has 0 aliphatic carbocycles. The summed E-state index contributed by atoms with van der Waals surface area (Å²) in [5.74, 6) is 2.61.